The highest BCUT2D eigenvalue weighted by atomic mass is 16.2. The average Bonchev–Trinajstić information content (AvgIpc) is 2.68. The summed E-state index contributed by atoms with van der Waals surface area (Å²) in [5.74, 6) is 0.122. The van der Waals surface area contributed by atoms with E-state index in [2.05, 4.69) is 30.1 Å². The van der Waals surface area contributed by atoms with E-state index < -0.39 is 0 Å². The lowest BCUT2D eigenvalue weighted by Crippen LogP contribution is -2.51. The minimum atomic E-state index is -0.346. The fourth-order valence-electron chi connectivity index (χ4n) is 3.14. The number of carbonyl (C=O) groups is 2. The Morgan fingerprint density at radius 3 is 2.19 bits per heavy atom. The number of nitrogens with one attached hydrogen (secondary N) is 1. The lowest BCUT2D eigenvalue weighted by Gasteiger charge is -2.35. The molecule has 0 aliphatic carbocycles. The summed E-state index contributed by atoms with van der Waals surface area (Å²) in [7, 11) is 0. The lowest BCUT2D eigenvalue weighted by atomic mass is 9.97. The maximum atomic E-state index is 12.9. The van der Waals surface area contributed by atoms with Crippen molar-refractivity contribution in [3.05, 3.63) is 63.1 Å². The second-order valence-corrected chi connectivity index (χ2v) is 7.12. The van der Waals surface area contributed by atoms with E-state index in [0.29, 0.717) is 32.1 Å². The molecule has 1 aromatic heterocycles. The van der Waals surface area contributed by atoms with Gasteiger partial charge in [-0.05, 0) is 36.1 Å². The monoisotopic (exact) mass is 368 g/mol. The fraction of sp³-hybridized carbons (Fsp3) is 0.400. The quantitative estimate of drug-likeness (QED) is 0.895. The summed E-state index contributed by atoms with van der Waals surface area (Å²) in [5.41, 5.74) is 2.68. The van der Waals surface area contributed by atoms with Gasteiger partial charge >= 0.3 is 0 Å². The first kappa shape index (κ1) is 18.8. The molecule has 0 atom stereocenters. The van der Waals surface area contributed by atoms with E-state index in [1.54, 1.807) is 9.80 Å². The van der Waals surface area contributed by atoms with Gasteiger partial charge < -0.3 is 9.80 Å². The van der Waals surface area contributed by atoms with Gasteiger partial charge in [0.15, 0.2) is 0 Å². The van der Waals surface area contributed by atoms with Gasteiger partial charge in [0, 0.05) is 37.8 Å². The number of H-pyrrole nitrogens is 1. The van der Waals surface area contributed by atoms with Crippen LogP contribution in [0, 0.1) is 6.92 Å². The van der Waals surface area contributed by atoms with Crippen LogP contribution in [0.5, 0.6) is 0 Å². The number of benzene rings is 1. The molecule has 1 saturated heterocycles. The molecule has 0 bridgehead atoms. The second kappa shape index (κ2) is 7.73. The fourth-order valence-corrected chi connectivity index (χ4v) is 3.14. The molecule has 0 spiro atoms. The normalized spacial score (nSPS) is 14.5. The Balaban J connectivity index is 1.67. The van der Waals surface area contributed by atoms with Crippen LogP contribution in [0.25, 0.3) is 0 Å². The number of hydrogen-bond donors (Lipinski definition) is 1. The molecule has 1 fully saturated rings. The SMILES string of the molecule is Cc1ccc(C(C)C)cc1C(=O)N1CCN(C(=O)c2ccc(=O)[nH]n2)CC1. The molecule has 0 saturated carbocycles. The number of rotatable bonds is 3. The number of aromatic nitrogens is 2. The Labute approximate surface area is 158 Å². The number of amides is 2. The van der Waals surface area contributed by atoms with Crippen LogP contribution in [0.4, 0.5) is 0 Å². The minimum absolute atomic E-state index is 0.00395. The van der Waals surface area contributed by atoms with E-state index in [0.717, 1.165) is 16.7 Å². The second-order valence-electron chi connectivity index (χ2n) is 7.12. The third-order valence-electron chi connectivity index (χ3n) is 4.91. The zero-order chi connectivity index (χ0) is 19.6. The number of aromatic amines is 1. The van der Waals surface area contributed by atoms with Crippen molar-refractivity contribution in [2.24, 2.45) is 0 Å². The molecule has 0 unspecified atom stereocenters. The number of carbonyl (C=O) groups excluding carboxylic acids is 2. The molecule has 1 aliphatic rings. The van der Waals surface area contributed by atoms with Gasteiger partial charge in [-0.1, -0.05) is 26.0 Å². The van der Waals surface area contributed by atoms with Crippen molar-refractivity contribution in [3.8, 4) is 0 Å². The van der Waals surface area contributed by atoms with Crippen molar-refractivity contribution >= 4 is 11.8 Å². The molecule has 7 heteroatoms. The summed E-state index contributed by atoms with van der Waals surface area (Å²) in [6, 6.07) is 8.73. The molecule has 1 aliphatic heterocycles. The molecule has 0 radical (unpaired) electrons. The largest absolute Gasteiger partial charge is 0.335 e. The molecule has 1 N–H and O–H groups in total. The highest BCUT2D eigenvalue weighted by molar-refractivity contribution is 5.96. The smallest absolute Gasteiger partial charge is 0.274 e. The van der Waals surface area contributed by atoms with Crippen molar-refractivity contribution in [1.29, 1.82) is 0 Å². The van der Waals surface area contributed by atoms with Gasteiger partial charge in [-0.25, -0.2) is 5.10 Å². The van der Waals surface area contributed by atoms with Crippen LogP contribution in [0.2, 0.25) is 0 Å². The first-order valence-electron chi connectivity index (χ1n) is 9.11. The third-order valence-corrected chi connectivity index (χ3v) is 4.91. The van der Waals surface area contributed by atoms with Crippen LogP contribution in [-0.2, 0) is 0 Å². The Morgan fingerprint density at radius 2 is 1.63 bits per heavy atom. The maximum absolute atomic E-state index is 12.9. The molecule has 2 aromatic rings. The summed E-state index contributed by atoms with van der Waals surface area (Å²) in [4.78, 5) is 39.9. The highest BCUT2D eigenvalue weighted by Crippen LogP contribution is 2.20. The predicted octanol–water partition coefficient (Wildman–Crippen LogP) is 1.80. The van der Waals surface area contributed by atoms with Gasteiger partial charge in [-0.2, -0.15) is 5.10 Å². The van der Waals surface area contributed by atoms with Crippen LogP contribution in [0.3, 0.4) is 0 Å². The van der Waals surface area contributed by atoms with Crippen molar-refractivity contribution in [2.75, 3.05) is 26.2 Å². The summed E-state index contributed by atoms with van der Waals surface area (Å²) >= 11 is 0. The third kappa shape index (κ3) is 4.07. The van der Waals surface area contributed by atoms with Crippen molar-refractivity contribution in [3.63, 3.8) is 0 Å². The molecule has 2 heterocycles. The Bertz CT molecular complexity index is 891. The van der Waals surface area contributed by atoms with Gasteiger partial charge in [0.1, 0.15) is 5.69 Å². The van der Waals surface area contributed by atoms with Crippen LogP contribution >= 0.6 is 0 Å². The molecular formula is C20H24N4O3. The molecule has 7 nitrogen and oxygen atoms in total. The first-order chi connectivity index (χ1) is 12.9. The zero-order valence-corrected chi connectivity index (χ0v) is 15.9. The summed E-state index contributed by atoms with van der Waals surface area (Å²) in [6.07, 6.45) is 0. The van der Waals surface area contributed by atoms with E-state index in [1.807, 2.05) is 19.1 Å². The highest BCUT2D eigenvalue weighted by Gasteiger charge is 2.27. The number of nitrogens with zero attached hydrogens (tertiary/aromatic N) is 3. The van der Waals surface area contributed by atoms with E-state index in [1.165, 1.54) is 12.1 Å². The standard InChI is InChI=1S/C20H24N4O3/c1-13(2)15-5-4-14(3)16(12-15)19(26)23-8-10-24(11-9-23)20(27)17-6-7-18(25)22-21-17/h4-7,12-13H,8-11H2,1-3H3,(H,22,25). The minimum Gasteiger partial charge on any atom is -0.335 e. The first-order valence-corrected chi connectivity index (χ1v) is 9.11. The van der Waals surface area contributed by atoms with E-state index >= 15 is 0 Å². The Hall–Kier alpha value is -2.96. The number of aryl methyl sites for hydroxylation is 1. The van der Waals surface area contributed by atoms with E-state index in [4.69, 9.17) is 0 Å². The van der Waals surface area contributed by atoms with Gasteiger partial charge in [0.25, 0.3) is 17.4 Å². The van der Waals surface area contributed by atoms with Crippen molar-refractivity contribution in [1.82, 2.24) is 20.0 Å². The van der Waals surface area contributed by atoms with E-state index in [-0.39, 0.29) is 23.1 Å². The van der Waals surface area contributed by atoms with E-state index in [9.17, 15) is 14.4 Å². The summed E-state index contributed by atoms with van der Waals surface area (Å²) < 4.78 is 0. The number of piperazine rings is 1. The van der Waals surface area contributed by atoms with Gasteiger partial charge in [-0.15, -0.1) is 0 Å². The topological polar surface area (TPSA) is 86.4 Å². The number of hydrogen-bond acceptors (Lipinski definition) is 4. The van der Waals surface area contributed by atoms with Gasteiger partial charge in [0.05, 0.1) is 0 Å². The van der Waals surface area contributed by atoms with Crippen molar-refractivity contribution < 1.29 is 9.59 Å². The average molecular weight is 368 g/mol. The lowest BCUT2D eigenvalue weighted by molar-refractivity contribution is 0.0531. The Morgan fingerprint density at radius 1 is 1.00 bits per heavy atom. The van der Waals surface area contributed by atoms with Crippen LogP contribution in [0.1, 0.15) is 51.7 Å². The molecular weight excluding hydrogens is 344 g/mol. The Kier molecular flexibility index (Phi) is 5.39. The van der Waals surface area contributed by atoms with Crippen LogP contribution < -0.4 is 5.56 Å². The molecule has 3 rings (SSSR count). The summed E-state index contributed by atoms with van der Waals surface area (Å²) in [6.45, 7) is 7.97. The van der Waals surface area contributed by atoms with Crippen LogP contribution in [-0.4, -0.2) is 58.0 Å². The predicted molar refractivity (Wildman–Crippen MR) is 102 cm³/mol. The maximum Gasteiger partial charge on any atom is 0.274 e. The summed E-state index contributed by atoms with van der Waals surface area (Å²) in [5, 5.41) is 6.05. The molecule has 2 amide bonds. The molecule has 142 valence electrons. The zero-order valence-electron chi connectivity index (χ0n) is 15.9. The van der Waals surface area contributed by atoms with Crippen molar-refractivity contribution in [2.45, 2.75) is 26.7 Å². The van der Waals surface area contributed by atoms with Gasteiger partial charge in [0.2, 0.25) is 0 Å². The molecule has 1 aromatic carbocycles. The van der Waals surface area contributed by atoms with Gasteiger partial charge in [-0.3, -0.25) is 14.4 Å². The molecule has 27 heavy (non-hydrogen) atoms. The van der Waals surface area contributed by atoms with Crippen LogP contribution in [0.15, 0.2) is 35.1 Å².